The van der Waals surface area contributed by atoms with Crippen LogP contribution in [0.15, 0.2) is 42.6 Å². The van der Waals surface area contributed by atoms with Gasteiger partial charge in [-0.05, 0) is 76.4 Å². The van der Waals surface area contributed by atoms with Crippen molar-refractivity contribution in [1.82, 2.24) is 14.8 Å². The summed E-state index contributed by atoms with van der Waals surface area (Å²) < 4.78 is 0. The zero-order chi connectivity index (χ0) is 19.5. The number of nitrogens with zero attached hydrogens (tertiary/aromatic N) is 3. The molecule has 0 radical (unpaired) electrons. The van der Waals surface area contributed by atoms with Crippen molar-refractivity contribution in [1.29, 1.82) is 0 Å². The van der Waals surface area contributed by atoms with Crippen LogP contribution in [-0.4, -0.2) is 52.9 Å². The predicted octanol–water partition coefficient (Wildman–Crippen LogP) is 5.42. The highest BCUT2D eigenvalue weighted by Gasteiger charge is 2.23. The number of rotatable bonds is 4. The minimum Gasteiger partial charge on any atom is -0.339 e. The van der Waals surface area contributed by atoms with Crippen LogP contribution in [0.25, 0.3) is 11.1 Å². The van der Waals surface area contributed by atoms with Gasteiger partial charge in [0.2, 0.25) is 0 Å². The standard InChI is InChI=1S/C24H31N3O.2ClH/c1-18(2)26-15-11-20(12-16-26)23-10-9-22(17-25-23)19-5-7-21(8-6-19)24(28)27-13-3-4-14-27;;/h5-10,17-18,20H,3-4,11-16H2,1-2H3;2*1H. The number of aromatic nitrogens is 1. The van der Waals surface area contributed by atoms with Gasteiger partial charge in [0.15, 0.2) is 0 Å². The second-order valence-electron chi connectivity index (χ2n) is 8.45. The van der Waals surface area contributed by atoms with Crippen molar-refractivity contribution in [2.24, 2.45) is 0 Å². The average Bonchev–Trinajstić information content (AvgIpc) is 3.28. The fourth-order valence-corrected chi connectivity index (χ4v) is 4.44. The van der Waals surface area contributed by atoms with E-state index in [0.717, 1.165) is 55.7 Å². The first kappa shape index (κ1) is 24.6. The molecule has 0 unspecified atom stereocenters. The molecule has 1 amide bonds. The van der Waals surface area contributed by atoms with E-state index in [0.29, 0.717) is 12.0 Å². The molecule has 164 valence electrons. The third-order valence-corrected chi connectivity index (χ3v) is 6.32. The molecule has 4 nitrogen and oxygen atoms in total. The molecule has 1 aromatic carbocycles. The van der Waals surface area contributed by atoms with Crippen LogP contribution in [0.3, 0.4) is 0 Å². The number of halogens is 2. The molecule has 3 heterocycles. The molecular formula is C24H33Cl2N3O. The monoisotopic (exact) mass is 449 g/mol. The van der Waals surface area contributed by atoms with Gasteiger partial charge in [-0.2, -0.15) is 0 Å². The molecule has 2 aromatic rings. The van der Waals surface area contributed by atoms with E-state index in [-0.39, 0.29) is 30.7 Å². The second-order valence-corrected chi connectivity index (χ2v) is 8.45. The van der Waals surface area contributed by atoms with Gasteiger partial charge in [0.05, 0.1) is 0 Å². The molecule has 2 saturated heterocycles. The van der Waals surface area contributed by atoms with Crippen molar-refractivity contribution < 1.29 is 4.79 Å². The molecule has 0 bridgehead atoms. The summed E-state index contributed by atoms with van der Waals surface area (Å²) in [5.74, 6) is 0.731. The second kappa shape index (κ2) is 11.1. The molecule has 4 rings (SSSR count). The molecule has 0 saturated carbocycles. The number of pyridine rings is 1. The quantitative estimate of drug-likeness (QED) is 0.625. The number of hydrogen-bond donors (Lipinski definition) is 0. The van der Waals surface area contributed by atoms with Crippen LogP contribution in [0.1, 0.15) is 61.5 Å². The Morgan fingerprint density at radius 2 is 1.50 bits per heavy atom. The predicted molar refractivity (Wildman–Crippen MR) is 128 cm³/mol. The Balaban J connectivity index is 0.00000160. The molecule has 2 fully saturated rings. The number of hydrogen-bond acceptors (Lipinski definition) is 3. The van der Waals surface area contributed by atoms with Crippen LogP contribution >= 0.6 is 24.8 Å². The molecule has 2 aliphatic rings. The highest BCUT2D eigenvalue weighted by molar-refractivity contribution is 5.94. The third kappa shape index (κ3) is 5.54. The first-order valence-electron chi connectivity index (χ1n) is 10.7. The van der Waals surface area contributed by atoms with E-state index < -0.39 is 0 Å². The van der Waals surface area contributed by atoms with Crippen LogP contribution in [0.2, 0.25) is 0 Å². The lowest BCUT2D eigenvalue weighted by Crippen LogP contribution is -2.37. The fraction of sp³-hybridized carbons (Fsp3) is 0.500. The van der Waals surface area contributed by atoms with Crippen molar-refractivity contribution in [3.8, 4) is 11.1 Å². The number of carbonyl (C=O) groups excluding carboxylic acids is 1. The maximum Gasteiger partial charge on any atom is 0.253 e. The Hall–Kier alpha value is -1.62. The molecule has 0 N–H and O–H groups in total. The van der Waals surface area contributed by atoms with Crippen LogP contribution in [0.5, 0.6) is 0 Å². The normalized spacial score (nSPS) is 17.5. The largest absolute Gasteiger partial charge is 0.339 e. The highest BCUT2D eigenvalue weighted by Crippen LogP contribution is 2.29. The topological polar surface area (TPSA) is 36.4 Å². The van der Waals surface area contributed by atoms with Gasteiger partial charge in [-0.3, -0.25) is 9.78 Å². The van der Waals surface area contributed by atoms with Gasteiger partial charge in [0.1, 0.15) is 0 Å². The number of carbonyl (C=O) groups is 1. The van der Waals surface area contributed by atoms with Crippen molar-refractivity contribution in [2.75, 3.05) is 26.2 Å². The highest BCUT2D eigenvalue weighted by atomic mass is 35.5. The summed E-state index contributed by atoms with van der Waals surface area (Å²) in [5, 5.41) is 0. The van der Waals surface area contributed by atoms with E-state index in [4.69, 9.17) is 4.98 Å². The maximum absolute atomic E-state index is 12.5. The lowest BCUT2D eigenvalue weighted by Gasteiger charge is -2.34. The Morgan fingerprint density at radius 3 is 2.03 bits per heavy atom. The third-order valence-electron chi connectivity index (χ3n) is 6.32. The minimum absolute atomic E-state index is 0. The first-order chi connectivity index (χ1) is 13.6. The molecule has 2 aliphatic heterocycles. The van der Waals surface area contributed by atoms with Crippen LogP contribution < -0.4 is 0 Å². The maximum atomic E-state index is 12.5. The molecule has 1 aromatic heterocycles. The van der Waals surface area contributed by atoms with Gasteiger partial charge >= 0.3 is 0 Å². The molecule has 0 atom stereocenters. The van der Waals surface area contributed by atoms with Gasteiger partial charge in [0.25, 0.3) is 5.91 Å². The summed E-state index contributed by atoms with van der Waals surface area (Å²) in [6.45, 7) is 8.66. The Morgan fingerprint density at radius 1 is 0.900 bits per heavy atom. The summed E-state index contributed by atoms with van der Waals surface area (Å²) in [6, 6.07) is 13.0. The Bertz CT molecular complexity index is 794. The Labute approximate surface area is 192 Å². The summed E-state index contributed by atoms with van der Waals surface area (Å²) >= 11 is 0. The van der Waals surface area contributed by atoms with E-state index in [1.807, 2.05) is 35.4 Å². The Kier molecular flexibility index (Phi) is 9.14. The summed E-state index contributed by atoms with van der Waals surface area (Å²) in [5.41, 5.74) is 4.23. The molecular weight excluding hydrogens is 417 g/mol. The smallest absolute Gasteiger partial charge is 0.253 e. The van der Waals surface area contributed by atoms with Gasteiger partial charge in [-0.15, -0.1) is 24.8 Å². The van der Waals surface area contributed by atoms with Gasteiger partial charge in [0, 0.05) is 48.1 Å². The van der Waals surface area contributed by atoms with Gasteiger partial charge < -0.3 is 9.80 Å². The summed E-state index contributed by atoms with van der Waals surface area (Å²) in [6.07, 6.45) is 6.62. The molecule has 30 heavy (non-hydrogen) atoms. The number of likely N-dealkylation sites (tertiary alicyclic amines) is 2. The lowest BCUT2D eigenvalue weighted by atomic mass is 9.92. The zero-order valence-corrected chi connectivity index (χ0v) is 19.6. The number of amides is 1. The van der Waals surface area contributed by atoms with Crippen LogP contribution in [-0.2, 0) is 0 Å². The van der Waals surface area contributed by atoms with Gasteiger partial charge in [-0.1, -0.05) is 18.2 Å². The van der Waals surface area contributed by atoms with Crippen LogP contribution in [0.4, 0.5) is 0 Å². The molecule has 0 spiro atoms. The first-order valence-corrected chi connectivity index (χ1v) is 10.7. The number of piperidine rings is 1. The zero-order valence-electron chi connectivity index (χ0n) is 17.9. The average molecular weight is 450 g/mol. The lowest BCUT2D eigenvalue weighted by molar-refractivity contribution is 0.0793. The van der Waals surface area contributed by atoms with E-state index in [1.54, 1.807) is 0 Å². The fourth-order valence-electron chi connectivity index (χ4n) is 4.44. The van der Waals surface area contributed by atoms with E-state index in [1.165, 1.54) is 18.5 Å². The summed E-state index contributed by atoms with van der Waals surface area (Å²) in [4.78, 5) is 21.8. The van der Waals surface area contributed by atoms with Crippen molar-refractivity contribution in [3.05, 3.63) is 53.9 Å². The van der Waals surface area contributed by atoms with E-state index in [2.05, 4.69) is 30.9 Å². The molecule has 0 aliphatic carbocycles. The van der Waals surface area contributed by atoms with Crippen molar-refractivity contribution >= 4 is 30.7 Å². The van der Waals surface area contributed by atoms with Crippen molar-refractivity contribution in [3.63, 3.8) is 0 Å². The van der Waals surface area contributed by atoms with Crippen molar-refractivity contribution in [2.45, 2.75) is 51.5 Å². The van der Waals surface area contributed by atoms with E-state index in [9.17, 15) is 4.79 Å². The molecule has 6 heteroatoms. The van der Waals surface area contributed by atoms with Crippen LogP contribution in [0, 0.1) is 0 Å². The number of benzene rings is 1. The SMILES string of the molecule is CC(C)N1CCC(c2ccc(-c3ccc(C(=O)N4CCCC4)cc3)cn2)CC1.Cl.Cl. The van der Waals surface area contributed by atoms with Gasteiger partial charge in [-0.25, -0.2) is 0 Å². The summed E-state index contributed by atoms with van der Waals surface area (Å²) in [7, 11) is 0. The van der Waals surface area contributed by atoms with E-state index >= 15 is 0 Å². The minimum atomic E-state index is 0.